The van der Waals surface area contributed by atoms with Crippen molar-refractivity contribution in [2.75, 3.05) is 41.3 Å². The highest BCUT2D eigenvalue weighted by Crippen LogP contribution is 2.60. The number of fused-ring (bicyclic) bond motifs is 1. The second-order valence-electron chi connectivity index (χ2n) is 13.0. The van der Waals surface area contributed by atoms with Gasteiger partial charge >= 0.3 is 0 Å². The van der Waals surface area contributed by atoms with Gasteiger partial charge in [0.1, 0.15) is 0 Å². The molecule has 4 saturated carbocycles. The highest BCUT2D eigenvalue weighted by Gasteiger charge is 2.52. The van der Waals surface area contributed by atoms with E-state index in [1.807, 2.05) is 29.5 Å². The molecule has 0 unspecified atom stereocenters. The molecule has 5 aliphatic carbocycles. The first kappa shape index (κ1) is 25.1. The van der Waals surface area contributed by atoms with Crippen molar-refractivity contribution >= 4 is 50.2 Å². The third kappa shape index (κ3) is 4.40. The van der Waals surface area contributed by atoms with Gasteiger partial charge in [-0.2, -0.15) is 0 Å². The molecule has 5 fully saturated rings. The van der Waals surface area contributed by atoms with Gasteiger partial charge in [0, 0.05) is 47.4 Å². The van der Waals surface area contributed by atoms with Crippen molar-refractivity contribution in [3.05, 3.63) is 45.4 Å². The van der Waals surface area contributed by atoms with Crippen LogP contribution in [0.2, 0.25) is 0 Å². The van der Waals surface area contributed by atoms with E-state index in [9.17, 15) is 4.79 Å². The van der Waals surface area contributed by atoms with E-state index in [1.54, 1.807) is 11.3 Å². The van der Waals surface area contributed by atoms with E-state index in [-0.39, 0.29) is 0 Å². The number of aromatic nitrogens is 2. The predicted molar refractivity (Wildman–Crippen MR) is 163 cm³/mol. The Hall–Kier alpha value is -2.65. The Bertz CT molecular complexity index is 1380. The predicted octanol–water partition coefficient (Wildman–Crippen LogP) is 6.12. The smallest absolute Gasteiger partial charge is 0.248 e. The highest BCUT2D eigenvalue weighted by molar-refractivity contribution is 7.15. The van der Waals surface area contributed by atoms with Crippen molar-refractivity contribution in [2.45, 2.75) is 69.6 Å². The van der Waals surface area contributed by atoms with Gasteiger partial charge in [-0.1, -0.05) is 0 Å². The number of rotatable bonds is 6. The molecule has 6 aliphatic rings. The van der Waals surface area contributed by atoms with Crippen LogP contribution in [0.25, 0.3) is 0 Å². The molecule has 4 bridgehead atoms. The Balaban J connectivity index is 0.989. The highest BCUT2D eigenvalue weighted by atomic mass is 32.1. The molecule has 2 aromatic heterocycles. The van der Waals surface area contributed by atoms with Gasteiger partial charge < -0.3 is 20.9 Å². The average molecular weight is 575 g/mol. The second kappa shape index (κ2) is 9.72. The number of hydrogen-bond donors (Lipinski definition) is 2. The Labute approximate surface area is 244 Å². The molecular weight excluding hydrogens is 537 g/mol. The number of carbonyl (C=O) groups is 1. The van der Waals surface area contributed by atoms with E-state index in [2.05, 4.69) is 20.5 Å². The zero-order valence-corrected chi connectivity index (χ0v) is 24.7. The van der Waals surface area contributed by atoms with Gasteiger partial charge in [0.15, 0.2) is 10.3 Å². The number of nitrogens with one attached hydrogen (secondary N) is 1. The lowest BCUT2D eigenvalue weighted by Gasteiger charge is -2.56. The molecule has 0 atom stereocenters. The largest absolute Gasteiger partial charge is 0.366 e. The van der Waals surface area contributed by atoms with Gasteiger partial charge in [-0.15, -0.1) is 22.7 Å². The summed E-state index contributed by atoms with van der Waals surface area (Å²) < 4.78 is 0. The summed E-state index contributed by atoms with van der Waals surface area (Å²) in [5, 5.41) is 8.07. The van der Waals surface area contributed by atoms with E-state index in [4.69, 9.17) is 15.7 Å². The van der Waals surface area contributed by atoms with Crippen molar-refractivity contribution in [3.63, 3.8) is 0 Å². The van der Waals surface area contributed by atoms with E-state index >= 15 is 0 Å². The Kier molecular flexibility index (Phi) is 6.10. The number of nitrogens with zero attached hydrogens (tertiary/aromatic N) is 4. The van der Waals surface area contributed by atoms with Gasteiger partial charge in [-0.05, 0) is 100 Å². The van der Waals surface area contributed by atoms with Crippen LogP contribution >= 0.6 is 22.7 Å². The first-order valence-electron chi connectivity index (χ1n) is 15.2. The summed E-state index contributed by atoms with van der Waals surface area (Å²) in [7, 11) is 0. The van der Waals surface area contributed by atoms with Crippen LogP contribution in [-0.4, -0.2) is 42.1 Å². The summed E-state index contributed by atoms with van der Waals surface area (Å²) >= 11 is 3.60. The van der Waals surface area contributed by atoms with E-state index < -0.39 is 5.91 Å². The standard InChI is InChI=1S/C31H38N6OS2/c32-28(38)22-5-6-25(24(14-22)34-29-33-23-3-1-2-4-26(23)40-29)36-7-9-37(10-8-36)30-35-27(18-39-30)31-15-19-11-20(16-31)13-21(12-19)17-31/h5-6,14,18-21H,1-4,7-13,15-17H2,(H2,32,38)(H,33,34). The SMILES string of the molecule is NC(=O)c1ccc(N2CCN(c3nc(C45CC6CC(CC(C6)C4)C5)cs3)CC2)c(Nc2nc3c(s2)CCCC3)c1. The fourth-order valence-corrected chi connectivity index (χ4v) is 10.9. The topological polar surface area (TPSA) is 87.4 Å². The number of nitrogens with two attached hydrogens (primary N) is 1. The van der Waals surface area contributed by atoms with E-state index in [1.165, 1.54) is 72.8 Å². The molecule has 0 radical (unpaired) electrons. The maximum absolute atomic E-state index is 12.0. The summed E-state index contributed by atoms with van der Waals surface area (Å²) in [6, 6.07) is 5.78. The number of amides is 1. The van der Waals surface area contributed by atoms with Gasteiger partial charge in [0.2, 0.25) is 5.91 Å². The van der Waals surface area contributed by atoms with E-state index in [0.717, 1.165) is 73.3 Å². The fourth-order valence-electron chi connectivity index (χ4n) is 8.80. The number of carbonyl (C=O) groups excluding carboxylic acids is 1. The molecule has 210 valence electrons. The molecule has 9 rings (SSSR count). The summed E-state index contributed by atoms with van der Waals surface area (Å²) in [6.07, 6.45) is 13.2. The summed E-state index contributed by atoms with van der Waals surface area (Å²) in [5.74, 6) is 2.42. The number of primary amides is 1. The number of aryl methyl sites for hydroxylation is 2. The minimum Gasteiger partial charge on any atom is -0.366 e. The lowest BCUT2D eigenvalue weighted by atomic mass is 9.49. The molecule has 0 spiro atoms. The molecule has 1 amide bonds. The van der Waals surface area contributed by atoms with Crippen LogP contribution in [0.1, 0.15) is 78.0 Å². The van der Waals surface area contributed by atoms with Gasteiger partial charge in [-0.3, -0.25) is 4.79 Å². The van der Waals surface area contributed by atoms with Crippen LogP contribution < -0.4 is 20.9 Å². The zero-order valence-electron chi connectivity index (χ0n) is 23.0. The molecule has 1 saturated heterocycles. The molecule has 3 N–H and O–H groups in total. The van der Waals surface area contributed by atoms with Crippen LogP contribution in [0.4, 0.5) is 21.6 Å². The molecule has 1 aromatic carbocycles. The lowest BCUT2D eigenvalue weighted by Crippen LogP contribution is -2.49. The van der Waals surface area contributed by atoms with Crippen LogP contribution in [0.15, 0.2) is 23.6 Å². The van der Waals surface area contributed by atoms with Crippen LogP contribution in [0.3, 0.4) is 0 Å². The molecule has 9 heteroatoms. The van der Waals surface area contributed by atoms with Crippen molar-refractivity contribution in [1.29, 1.82) is 0 Å². The molecule has 40 heavy (non-hydrogen) atoms. The van der Waals surface area contributed by atoms with Crippen molar-refractivity contribution in [3.8, 4) is 0 Å². The lowest BCUT2D eigenvalue weighted by molar-refractivity contribution is -0.00690. The number of benzene rings is 1. The average Bonchev–Trinajstić information content (AvgIpc) is 3.60. The van der Waals surface area contributed by atoms with Crippen LogP contribution in [0.5, 0.6) is 0 Å². The first-order valence-corrected chi connectivity index (χ1v) is 16.9. The van der Waals surface area contributed by atoms with E-state index in [0.29, 0.717) is 11.0 Å². The second-order valence-corrected chi connectivity index (χ2v) is 14.9. The van der Waals surface area contributed by atoms with Gasteiger partial charge in [0.05, 0.1) is 22.8 Å². The van der Waals surface area contributed by atoms with Crippen molar-refractivity contribution in [2.24, 2.45) is 23.5 Å². The number of piperazine rings is 1. The minimum absolute atomic E-state index is 0.364. The molecule has 3 heterocycles. The van der Waals surface area contributed by atoms with Gasteiger partial charge in [-0.25, -0.2) is 9.97 Å². The Morgan fingerprint density at radius 3 is 2.35 bits per heavy atom. The summed E-state index contributed by atoms with van der Waals surface area (Å²) in [5.41, 5.74) is 11.2. The summed E-state index contributed by atoms with van der Waals surface area (Å²) in [6.45, 7) is 3.70. The number of anilines is 4. The number of thiazole rings is 2. The van der Waals surface area contributed by atoms with Crippen LogP contribution in [-0.2, 0) is 18.3 Å². The van der Waals surface area contributed by atoms with Crippen LogP contribution in [0, 0.1) is 17.8 Å². The van der Waals surface area contributed by atoms with Gasteiger partial charge in [0.25, 0.3) is 0 Å². The molecule has 7 nitrogen and oxygen atoms in total. The summed E-state index contributed by atoms with van der Waals surface area (Å²) in [4.78, 5) is 28.5. The molecule has 3 aromatic rings. The third-order valence-electron chi connectivity index (χ3n) is 10.3. The first-order chi connectivity index (χ1) is 19.5. The zero-order chi connectivity index (χ0) is 26.8. The Morgan fingerprint density at radius 2 is 1.65 bits per heavy atom. The monoisotopic (exact) mass is 574 g/mol. The maximum atomic E-state index is 12.0. The Morgan fingerprint density at radius 1 is 0.950 bits per heavy atom. The molecule has 1 aliphatic heterocycles. The van der Waals surface area contributed by atoms with Crippen molar-refractivity contribution in [1.82, 2.24) is 9.97 Å². The molecular formula is C31H38N6OS2. The number of hydrogen-bond acceptors (Lipinski definition) is 8. The normalized spacial score (nSPS) is 29.1. The van der Waals surface area contributed by atoms with Crippen molar-refractivity contribution < 1.29 is 4.79 Å². The minimum atomic E-state index is -0.406. The maximum Gasteiger partial charge on any atom is 0.248 e. The fraction of sp³-hybridized carbons (Fsp3) is 0.581. The third-order valence-corrected chi connectivity index (χ3v) is 12.3. The quantitative estimate of drug-likeness (QED) is 0.369.